The lowest BCUT2D eigenvalue weighted by Crippen LogP contribution is -2.29. The zero-order valence-electron chi connectivity index (χ0n) is 35.4. The fraction of sp³-hybridized carbons (Fsp3) is 0.844. The Labute approximate surface area is 337 Å². The number of phosphoric ester groups is 1. The molecule has 0 aliphatic rings. The van der Waals surface area contributed by atoms with Gasteiger partial charge in [0, 0.05) is 13.0 Å². The fourth-order valence-electron chi connectivity index (χ4n) is 6.09. The van der Waals surface area contributed by atoms with Gasteiger partial charge in [-0.25, -0.2) is 4.57 Å². The summed E-state index contributed by atoms with van der Waals surface area (Å²) in [4.78, 5) is 22.5. The predicted octanol–water partition coefficient (Wildman–Crippen LogP) is 12.4. The number of hydrogen-bond acceptors (Lipinski definition) is 8. The standard InChI is InChI=1S/C45H85O9P/c1-3-5-7-9-11-13-15-17-18-19-20-21-22-23-24-25-26-28-30-32-34-36-38-51-41-44(42-53-55(49,50)52-40-43(47)39-46)54-45(48)37-35-33-31-29-27-16-14-12-10-8-6-4-2/h12,14-15,17,19-20,43-44,46-47H,3-11,13,16,18,21-42H2,1-2H3,(H,49,50)/b14-12-,17-15-,20-19-. The smallest absolute Gasteiger partial charge is 0.457 e. The molecule has 0 heterocycles. The summed E-state index contributed by atoms with van der Waals surface area (Å²) in [6, 6.07) is 0. The van der Waals surface area contributed by atoms with Gasteiger partial charge in [-0.1, -0.05) is 159 Å². The molecule has 0 aliphatic heterocycles. The second-order valence-corrected chi connectivity index (χ2v) is 16.5. The van der Waals surface area contributed by atoms with E-state index in [-0.39, 0.29) is 19.6 Å². The summed E-state index contributed by atoms with van der Waals surface area (Å²) in [5, 5.41) is 18.3. The van der Waals surface area contributed by atoms with Crippen molar-refractivity contribution in [3.8, 4) is 0 Å². The Kier molecular flexibility index (Phi) is 41.3. The number of esters is 1. The van der Waals surface area contributed by atoms with Crippen LogP contribution >= 0.6 is 7.82 Å². The Hall–Kier alpha value is -1.32. The van der Waals surface area contributed by atoms with Crippen LogP contribution in [0.5, 0.6) is 0 Å². The SMILES string of the molecule is CCCCC/C=C\CCCCCCCC(=O)OC(COCCCCCCCCCCCC/C=C\C/C=C\CCCCCCC)COP(=O)(O)OCC(O)CO. The Morgan fingerprint density at radius 3 is 1.51 bits per heavy atom. The second kappa shape index (κ2) is 42.3. The van der Waals surface area contributed by atoms with Gasteiger partial charge in [-0.3, -0.25) is 13.8 Å². The first-order valence-corrected chi connectivity index (χ1v) is 24.0. The molecule has 9 nitrogen and oxygen atoms in total. The van der Waals surface area contributed by atoms with Gasteiger partial charge < -0.3 is 24.6 Å². The summed E-state index contributed by atoms with van der Waals surface area (Å²) in [6.07, 6.45) is 45.3. The minimum atomic E-state index is -4.52. The molecule has 0 aromatic carbocycles. The van der Waals surface area contributed by atoms with Gasteiger partial charge in [0.05, 0.1) is 26.4 Å². The van der Waals surface area contributed by atoms with Gasteiger partial charge in [0.15, 0.2) is 0 Å². The van der Waals surface area contributed by atoms with Gasteiger partial charge in [-0.2, -0.15) is 0 Å². The van der Waals surface area contributed by atoms with E-state index < -0.39 is 39.2 Å². The van der Waals surface area contributed by atoms with Crippen LogP contribution in [0.3, 0.4) is 0 Å². The monoisotopic (exact) mass is 801 g/mol. The minimum Gasteiger partial charge on any atom is -0.457 e. The quantitative estimate of drug-likeness (QED) is 0.0239. The number of carbonyl (C=O) groups excluding carboxylic acids is 1. The summed E-state index contributed by atoms with van der Waals surface area (Å²) in [5.41, 5.74) is 0. The van der Waals surface area contributed by atoms with Crippen LogP contribution in [0.1, 0.15) is 200 Å². The summed E-state index contributed by atoms with van der Waals surface area (Å²) < 4.78 is 33.4. The first-order valence-electron chi connectivity index (χ1n) is 22.5. The molecule has 0 saturated carbocycles. The van der Waals surface area contributed by atoms with Crippen LogP contribution < -0.4 is 0 Å². The average molecular weight is 801 g/mol. The molecule has 3 atom stereocenters. The topological polar surface area (TPSA) is 132 Å². The zero-order valence-corrected chi connectivity index (χ0v) is 36.3. The van der Waals surface area contributed by atoms with E-state index >= 15 is 0 Å². The Morgan fingerprint density at radius 2 is 0.982 bits per heavy atom. The molecule has 0 radical (unpaired) electrons. The van der Waals surface area contributed by atoms with Crippen molar-refractivity contribution in [3.63, 3.8) is 0 Å². The number of ether oxygens (including phenoxy) is 2. The highest BCUT2D eigenvalue weighted by atomic mass is 31.2. The summed E-state index contributed by atoms with van der Waals surface area (Å²) in [6.45, 7) is 3.48. The van der Waals surface area contributed by atoms with Crippen molar-refractivity contribution >= 4 is 13.8 Å². The van der Waals surface area contributed by atoms with E-state index in [1.807, 2.05) is 0 Å². The van der Waals surface area contributed by atoms with Crippen LogP contribution in [0.15, 0.2) is 36.5 Å². The van der Waals surface area contributed by atoms with E-state index in [0.717, 1.165) is 64.2 Å². The lowest BCUT2D eigenvalue weighted by molar-refractivity contribution is -0.154. The normalized spacial score (nSPS) is 14.3. The van der Waals surface area contributed by atoms with Crippen molar-refractivity contribution in [2.45, 2.75) is 212 Å². The molecule has 0 amide bonds. The molecule has 0 rings (SSSR count). The molecule has 55 heavy (non-hydrogen) atoms. The molecule has 3 unspecified atom stereocenters. The number of carbonyl (C=O) groups is 1. The van der Waals surface area contributed by atoms with E-state index in [1.54, 1.807) is 0 Å². The Balaban J connectivity index is 4.09. The van der Waals surface area contributed by atoms with Crippen molar-refractivity contribution in [2.75, 3.05) is 33.0 Å². The Bertz CT molecular complexity index is 955. The van der Waals surface area contributed by atoms with Gasteiger partial charge in [0.25, 0.3) is 0 Å². The van der Waals surface area contributed by atoms with E-state index in [9.17, 15) is 19.4 Å². The predicted molar refractivity (Wildman–Crippen MR) is 228 cm³/mol. The molecule has 10 heteroatoms. The highest BCUT2D eigenvalue weighted by Gasteiger charge is 2.26. The third kappa shape index (κ3) is 42.1. The van der Waals surface area contributed by atoms with E-state index in [2.05, 4.69) is 50.3 Å². The molecule has 324 valence electrons. The third-order valence-corrected chi connectivity index (χ3v) is 10.5. The fourth-order valence-corrected chi connectivity index (χ4v) is 6.88. The summed E-state index contributed by atoms with van der Waals surface area (Å²) >= 11 is 0. The van der Waals surface area contributed by atoms with E-state index in [4.69, 9.17) is 23.6 Å². The molecule has 0 saturated heterocycles. The maximum atomic E-state index is 12.6. The van der Waals surface area contributed by atoms with Crippen molar-refractivity contribution in [1.29, 1.82) is 0 Å². The number of aliphatic hydroxyl groups excluding tert-OH is 2. The van der Waals surface area contributed by atoms with Crippen LogP contribution in [-0.2, 0) is 27.9 Å². The molecule has 0 aromatic rings. The van der Waals surface area contributed by atoms with Gasteiger partial charge in [0.1, 0.15) is 12.2 Å². The highest BCUT2D eigenvalue weighted by molar-refractivity contribution is 7.47. The van der Waals surface area contributed by atoms with Crippen LogP contribution in [0.25, 0.3) is 0 Å². The maximum Gasteiger partial charge on any atom is 0.472 e. The van der Waals surface area contributed by atoms with E-state index in [1.165, 1.54) is 116 Å². The van der Waals surface area contributed by atoms with E-state index in [0.29, 0.717) is 6.61 Å². The van der Waals surface area contributed by atoms with Crippen molar-refractivity contribution < 1.29 is 43.0 Å². The molecular formula is C45H85O9P. The van der Waals surface area contributed by atoms with Gasteiger partial charge >= 0.3 is 13.8 Å². The number of hydrogen-bond donors (Lipinski definition) is 3. The van der Waals surface area contributed by atoms with Gasteiger partial charge in [0.2, 0.25) is 0 Å². The number of rotatable bonds is 43. The number of phosphoric acid groups is 1. The van der Waals surface area contributed by atoms with Crippen molar-refractivity contribution in [3.05, 3.63) is 36.5 Å². The van der Waals surface area contributed by atoms with Gasteiger partial charge in [-0.15, -0.1) is 0 Å². The van der Waals surface area contributed by atoms with Crippen LogP contribution in [0.2, 0.25) is 0 Å². The highest BCUT2D eigenvalue weighted by Crippen LogP contribution is 2.43. The number of allylic oxidation sites excluding steroid dienone is 6. The molecule has 0 aliphatic carbocycles. The van der Waals surface area contributed by atoms with Crippen LogP contribution in [-0.4, -0.2) is 66.3 Å². The van der Waals surface area contributed by atoms with Gasteiger partial charge in [-0.05, 0) is 70.6 Å². The largest absolute Gasteiger partial charge is 0.472 e. The van der Waals surface area contributed by atoms with Crippen LogP contribution in [0.4, 0.5) is 0 Å². The maximum absolute atomic E-state index is 12.6. The average Bonchev–Trinajstić information content (AvgIpc) is 3.18. The number of unbranched alkanes of at least 4 members (excludes halogenated alkanes) is 23. The van der Waals surface area contributed by atoms with Crippen molar-refractivity contribution in [2.24, 2.45) is 0 Å². The first kappa shape index (κ1) is 53.7. The molecule has 3 N–H and O–H groups in total. The molecular weight excluding hydrogens is 715 g/mol. The minimum absolute atomic E-state index is 0.0447. The molecule has 0 aromatic heterocycles. The zero-order chi connectivity index (χ0) is 40.3. The molecule has 0 fully saturated rings. The Morgan fingerprint density at radius 1 is 0.564 bits per heavy atom. The summed E-state index contributed by atoms with van der Waals surface area (Å²) in [5.74, 6) is -0.393. The third-order valence-electron chi connectivity index (χ3n) is 9.55. The summed E-state index contributed by atoms with van der Waals surface area (Å²) in [7, 11) is -4.52. The lowest BCUT2D eigenvalue weighted by Gasteiger charge is -2.20. The number of aliphatic hydroxyl groups is 2. The first-order chi connectivity index (χ1) is 26.8. The van der Waals surface area contributed by atoms with Crippen LogP contribution in [0, 0.1) is 0 Å². The molecule has 0 spiro atoms. The molecule has 0 bridgehead atoms. The second-order valence-electron chi connectivity index (χ2n) is 15.1. The van der Waals surface area contributed by atoms with Crippen molar-refractivity contribution in [1.82, 2.24) is 0 Å². The lowest BCUT2D eigenvalue weighted by atomic mass is 10.1.